The van der Waals surface area contributed by atoms with Gasteiger partial charge in [0.25, 0.3) is 5.91 Å². The molecule has 122 valence electrons. The van der Waals surface area contributed by atoms with Crippen LogP contribution in [0.25, 0.3) is 0 Å². The molecular weight excluding hydrogens is 298 g/mol. The lowest BCUT2D eigenvalue weighted by Gasteiger charge is -2.36. The summed E-state index contributed by atoms with van der Waals surface area (Å²) in [6, 6.07) is 3.50. The molecule has 2 atom stereocenters. The minimum atomic E-state index is -0.467. The van der Waals surface area contributed by atoms with Crippen molar-refractivity contribution in [2.24, 2.45) is 5.92 Å². The molecular formula is C16H25N3O2S. The van der Waals surface area contributed by atoms with Gasteiger partial charge in [0, 0.05) is 19.1 Å². The van der Waals surface area contributed by atoms with E-state index >= 15 is 0 Å². The Hall–Kier alpha value is -1.40. The number of likely N-dealkylation sites (N-methyl/N-ethyl adjacent to an activating group) is 1. The highest BCUT2D eigenvalue weighted by molar-refractivity contribution is 7.12. The van der Waals surface area contributed by atoms with Crippen molar-refractivity contribution in [3.8, 4) is 0 Å². The largest absolute Gasteiger partial charge is 0.339 e. The topological polar surface area (TPSA) is 61.4 Å². The first-order valence-corrected chi connectivity index (χ1v) is 8.71. The molecule has 5 nitrogen and oxygen atoms in total. The van der Waals surface area contributed by atoms with Crippen molar-refractivity contribution >= 4 is 23.2 Å². The molecule has 2 N–H and O–H groups in total. The van der Waals surface area contributed by atoms with Crippen LogP contribution < -0.4 is 10.6 Å². The van der Waals surface area contributed by atoms with Crippen LogP contribution in [0.5, 0.6) is 0 Å². The molecule has 2 amide bonds. The molecule has 2 heterocycles. The minimum Gasteiger partial charge on any atom is -0.339 e. The quantitative estimate of drug-likeness (QED) is 0.867. The summed E-state index contributed by atoms with van der Waals surface area (Å²) in [5.41, 5.74) is 0. The van der Waals surface area contributed by atoms with E-state index in [9.17, 15) is 9.59 Å². The van der Waals surface area contributed by atoms with E-state index in [2.05, 4.69) is 10.6 Å². The van der Waals surface area contributed by atoms with Gasteiger partial charge in [-0.05, 0) is 37.3 Å². The zero-order valence-electron chi connectivity index (χ0n) is 13.5. The summed E-state index contributed by atoms with van der Waals surface area (Å²) in [6.45, 7) is 5.43. The highest BCUT2D eigenvalue weighted by Gasteiger charge is 2.31. The van der Waals surface area contributed by atoms with Gasteiger partial charge in [0.2, 0.25) is 5.91 Å². The van der Waals surface area contributed by atoms with Crippen LogP contribution in [-0.2, 0) is 4.79 Å². The summed E-state index contributed by atoms with van der Waals surface area (Å²) in [4.78, 5) is 27.6. The van der Waals surface area contributed by atoms with Crippen molar-refractivity contribution in [3.05, 3.63) is 22.4 Å². The zero-order chi connectivity index (χ0) is 16.1. The standard InChI is InChI=1S/C16H25N3O2S/c1-11(2)14(18-15(20)13-7-5-9-22-13)16(21)19-8-4-6-12(10-19)17-3/h5,7,9,11-12,14,17H,4,6,8,10H2,1-3H3,(H,18,20). The lowest BCUT2D eigenvalue weighted by Crippen LogP contribution is -2.55. The fourth-order valence-corrected chi connectivity index (χ4v) is 3.37. The number of rotatable bonds is 5. The van der Waals surface area contributed by atoms with Gasteiger partial charge in [-0.15, -0.1) is 11.3 Å². The summed E-state index contributed by atoms with van der Waals surface area (Å²) in [7, 11) is 1.93. The SMILES string of the molecule is CNC1CCCN(C(=O)C(NC(=O)c2cccs2)C(C)C)C1. The van der Waals surface area contributed by atoms with Crippen molar-refractivity contribution in [3.63, 3.8) is 0 Å². The predicted octanol–water partition coefficient (Wildman–Crippen LogP) is 1.71. The van der Waals surface area contributed by atoms with Crippen LogP contribution in [-0.4, -0.2) is 48.9 Å². The molecule has 6 heteroatoms. The second-order valence-corrected chi connectivity index (χ2v) is 7.03. The Balaban J connectivity index is 2.03. The molecule has 0 aliphatic carbocycles. The van der Waals surface area contributed by atoms with Crippen LogP contribution in [0, 0.1) is 5.92 Å². The van der Waals surface area contributed by atoms with E-state index in [-0.39, 0.29) is 17.7 Å². The van der Waals surface area contributed by atoms with E-state index in [0.717, 1.165) is 19.4 Å². The number of nitrogens with one attached hydrogen (secondary N) is 2. The number of nitrogens with zero attached hydrogens (tertiary/aromatic N) is 1. The van der Waals surface area contributed by atoms with E-state index < -0.39 is 6.04 Å². The molecule has 0 spiro atoms. The molecule has 2 unspecified atom stereocenters. The van der Waals surface area contributed by atoms with Crippen molar-refractivity contribution in [1.82, 2.24) is 15.5 Å². The molecule has 0 radical (unpaired) electrons. The third-order valence-corrected chi connectivity index (χ3v) is 4.97. The van der Waals surface area contributed by atoms with Gasteiger partial charge in [-0.3, -0.25) is 9.59 Å². The Bertz CT molecular complexity index is 501. The molecule has 1 aliphatic heterocycles. The van der Waals surface area contributed by atoms with Crippen molar-refractivity contribution in [2.75, 3.05) is 20.1 Å². The summed E-state index contributed by atoms with van der Waals surface area (Å²) >= 11 is 1.39. The van der Waals surface area contributed by atoms with Gasteiger partial charge in [-0.25, -0.2) is 0 Å². The van der Waals surface area contributed by atoms with Crippen LogP contribution in [0.1, 0.15) is 36.4 Å². The Morgan fingerprint density at radius 3 is 2.77 bits per heavy atom. The zero-order valence-corrected chi connectivity index (χ0v) is 14.3. The van der Waals surface area contributed by atoms with Gasteiger partial charge in [-0.2, -0.15) is 0 Å². The minimum absolute atomic E-state index is 0.0276. The Morgan fingerprint density at radius 1 is 1.41 bits per heavy atom. The maximum atomic E-state index is 12.8. The molecule has 1 aromatic rings. The number of thiophene rings is 1. The van der Waals surface area contributed by atoms with E-state index in [1.165, 1.54) is 11.3 Å². The van der Waals surface area contributed by atoms with E-state index in [1.807, 2.05) is 37.2 Å². The normalized spacial score (nSPS) is 20.0. The first-order chi connectivity index (χ1) is 10.5. The van der Waals surface area contributed by atoms with E-state index in [0.29, 0.717) is 17.5 Å². The van der Waals surface area contributed by atoms with Crippen molar-refractivity contribution < 1.29 is 9.59 Å². The number of hydrogen-bond donors (Lipinski definition) is 2. The third-order valence-electron chi connectivity index (χ3n) is 4.11. The first kappa shape index (κ1) is 17.0. The lowest BCUT2D eigenvalue weighted by atomic mass is 9.99. The fourth-order valence-electron chi connectivity index (χ4n) is 2.74. The van der Waals surface area contributed by atoms with Crippen molar-refractivity contribution in [1.29, 1.82) is 0 Å². The number of carbonyl (C=O) groups excluding carboxylic acids is 2. The highest BCUT2D eigenvalue weighted by atomic mass is 32.1. The number of likely N-dealkylation sites (tertiary alicyclic amines) is 1. The fraction of sp³-hybridized carbons (Fsp3) is 0.625. The second kappa shape index (κ2) is 7.74. The Morgan fingerprint density at radius 2 is 2.18 bits per heavy atom. The first-order valence-electron chi connectivity index (χ1n) is 7.83. The molecule has 0 saturated carbocycles. The van der Waals surface area contributed by atoms with Gasteiger partial charge >= 0.3 is 0 Å². The number of piperidine rings is 1. The number of amides is 2. The van der Waals surface area contributed by atoms with E-state index in [1.54, 1.807) is 6.07 Å². The molecule has 2 rings (SSSR count). The summed E-state index contributed by atoms with van der Waals surface area (Å²) in [5, 5.41) is 8.01. The highest BCUT2D eigenvalue weighted by Crippen LogP contribution is 2.15. The average Bonchev–Trinajstić information content (AvgIpc) is 3.06. The Kier molecular flexibility index (Phi) is 5.97. The maximum Gasteiger partial charge on any atom is 0.262 e. The van der Waals surface area contributed by atoms with Gasteiger partial charge in [0.15, 0.2) is 0 Å². The summed E-state index contributed by atoms with van der Waals surface area (Å²) < 4.78 is 0. The van der Waals surface area contributed by atoms with Crippen LogP contribution in [0.4, 0.5) is 0 Å². The monoisotopic (exact) mass is 323 g/mol. The van der Waals surface area contributed by atoms with Gasteiger partial charge < -0.3 is 15.5 Å². The molecule has 1 saturated heterocycles. The van der Waals surface area contributed by atoms with Gasteiger partial charge in [-0.1, -0.05) is 19.9 Å². The lowest BCUT2D eigenvalue weighted by molar-refractivity contribution is -0.135. The molecule has 0 bridgehead atoms. The molecule has 22 heavy (non-hydrogen) atoms. The van der Waals surface area contributed by atoms with Crippen LogP contribution in [0.3, 0.4) is 0 Å². The Labute approximate surface area is 136 Å². The van der Waals surface area contributed by atoms with Crippen LogP contribution in [0.15, 0.2) is 17.5 Å². The molecule has 1 aromatic heterocycles. The van der Waals surface area contributed by atoms with Crippen LogP contribution >= 0.6 is 11.3 Å². The van der Waals surface area contributed by atoms with Gasteiger partial charge in [0.05, 0.1) is 4.88 Å². The average molecular weight is 323 g/mol. The maximum absolute atomic E-state index is 12.8. The molecule has 1 aliphatic rings. The van der Waals surface area contributed by atoms with Crippen molar-refractivity contribution in [2.45, 2.75) is 38.8 Å². The van der Waals surface area contributed by atoms with Gasteiger partial charge in [0.1, 0.15) is 6.04 Å². The van der Waals surface area contributed by atoms with E-state index in [4.69, 9.17) is 0 Å². The number of carbonyl (C=O) groups is 2. The smallest absolute Gasteiger partial charge is 0.262 e. The third kappa shape index (κ3) is 4.08. The second-order valence-electron chi connectivity index (χ2n) is 6.08. The number of hydrogen-bond acceptors (Lipinski definition) is 4. The molecule has 1 fully saturated rings. The predicted molar refractivity (Wildman–Crippen MR) is 89.1 cm³/mol. The summed E-state index contributed by atoms with van der Waals surface area (Å²) in [5.74, 6) is -0.0737. The molecule has 0 aromatic carbocycles. The summed E-state index contributed by atoms with van der Waals surface area (Å²) in [6.07, 6.45) is 2.09. The van der Waals surface area contributed by atoms with Crippen LogP contribution in [0.2, 0.25) is 0 Å².